The molecule has 0 bridgehead atoms. The van der Waals surface area contributed by atoms with Crippen molar-refractivity contribution in [2.24, 2.45) is 0 Å². The number of ether oxygens (including phenoxy) is 1. The second-order valence-corrected chi connectivity index (χ2v) is 5.64. The van der Waals surface area contributed by atoms with Crippen molar-refractivity contribution in [3.63, 3.8) is 0 Å². The average molecular weight is 358 g/mol. The molecule has 0 spiro atoms. The molecule has 0 aliphatic carbocycles. The Labute approximate surface area is 145 Å². The minimum atomic E-state index is -0.590. The number of likely N-dealkylation sites (N-methyl/N-ethyl adjacent to an activating group) is 1. The van der Waals surface area contributed by atoms with Gasteiger partial charge in [0.15, 0.2) is 12.6 Å². The predicted octanol–water partition coefficient (Wildman–Crippen LogP) is -0.354. The minimum Gasteiger partial charge on any atom is -0.495 e. The second-order valence-electron chi connectivity index (χ2n) is 5.21. The maximum Gasteiger partial charge on any atom is 0.321 e. The van der Waals surface area contributed by atoms with Gasteiger partial charge in [-0.25, -0.2) is 4.79 Å². The van der Waals surface area contributed by atoms with Crippen LogP contribution in [0.15, 0.2) is 18.2 Å². The van der Waals surface area contributed by atoms with Crippen LogP contribution in [0, 0.1) is 0 Å². The highest BCUT2D eigenvalue weighted by atomic mass is 35.5. The average Bonchev–Trinajstić information content (AvgIpc) is 2.53. The van der Waals surface area contributed by atoms with E-state index in [9.17, 15) is 14.4 Å². The summed E-state index contributed by atoms with van der Waals surface area (Å²) in [5.41, 5.74) is 0.449. The SMILES string of the molecule is CNC(=O)NC(=O)[C@H](C)[NH+](C)CC(=O)Nc1cc(Cl)ccc1OC. The summed E-state index contributed by atoms with van der Waals surface area (Å²) in [5, 5.41) is 7.64. The summed E-state index contributed by atoms with van der Waals surface area (Å²) in [6.07, 6.45) is 0. The molecule has 4 amide bonds. The molecule has 0 saturated heterocycles. The van der Waals surface area contributed by atoms with Crippen molar-refractivity contribution in [3.8, 4) is 5.75 Å². The van der Waals surface area contributed by atoms with Crippen LogP contribution >= 0.6 is 11.6 Å². The first-order valence-electron chi connectivity index (χ1n) is 7.26. The highest BCUT2D eigenvalue weighted by Gasteiger charge is 2.25. The molecule has 1 aromatic carbocycles. The molecule has 1 unspecified atom stereocenters. The third-order valence-corrected chi connectivity index (χ3v) is 3.71. The standard InChI is InChI=1S/C15H21ClN4O4/c1-9(14(22)19-15(23)17-2)20(3)8-13(21)18-11-7-10(16)5-6-12(11)24-4/h5-7,9H,8H2,1-4H3,(H,18,21)(H2,17,19,22,23)/p+1/t9-/m0/s1. The largest absolute Gasteiger partial charge is 0.495 e. The van der Waals surface area contributed by atoms with Crippen molar-refractivity contribution in [2.75, 3.05) is 33.1 Å². The third-order valence-electron chi connectivity index (χ3n) is 3.47. The van der Waals surface area contributed by atoms with Crippen molar-refractivity contribution in [1.29, 1.82) is 0 Å². The Kier molecular flexibility index (Phi) is 7.47. The van der Waals surface area contributed by atoms with E-state index in [2.05, 4.69) is 16.0 Å². The Morgan fingerprint density at radius 3 is 2.58 bits per heavy atom. The highest BCUT2D eigenvalue weighted by molar-refractivity contribution is 6.31. The molecule has 0 aromatic heterocycles. The molecular weight excluding hydrogens is 336 g/mol. The van der Waals surface area contributed by atoms with Crippen molar-refractivity contribution in [1.82, 2.24) is 10.6 Å². The van der Waals surface area contributed by atoms with Gasteiger partial charge in [0.2, 0.25) is 0 Å². The number of hydrogen-bond acceptors (Lipinski definition) is 4. The van der Waals surface area contributed by atoms with E-state index >= 15 is 0 Å². The van der Waals surface area contributed by atoms with Gasteiger partial charge in [-0.05, 0) is 25.1 Å². The lowest BCUT2D eigenvalue weighted by atomic mass is 10.2. The van der Waals surface area contributed by atoms with E-state index in [0.29, 0.717) is 21.4 Å². The Bertz CT molecular complexity index is 623. The number of benzene rings is 1. The topological polar surface area (TPSA) is 101 Å². The Morgan fingerprint density at radius 2 is 2.00 bits per heavy atom. The predicted molar refractivity (Wildman–Crippen MR) is 90.4 cm³/mol. The number of anilines is 1. The zero-order valence-corrected chi connectivity index (χ0v) is 14.8. The number of nitrogens with one attached hydrogen (secondary N) is 4. The monoisotopic (exact) mass is 357 g/mol. The summed E-state index contributed by atoms with van der Waals surface area (Å²) in [6.45, 7) is 1.65. The van der Waals surface area contributed by atoms with Gasteiger partial charge in [0.05, 0.1) is 19.8 Å². The fraction of sp³-hybridized carbons (Fsp3) is 0.400. The Morgan fingerprint density at radius 1 is 1.33 bits per heavy atom. The van der Waals surface area contributed by atoms with Gasteiger partial charge in [-0.15, -0.1) is 0 Å². The fourth-order valence-electron chi connectivity index (χ4n) is 1.89. The molecule has 0 aliphatic heterocycles. The molecule has 0 radical (unpaired) electrons. The number of hydrogen-bond donors (Lipinski definition) is 4. The number of imide groups is 1. The first-order chi connectivity index (χ1) is 11.3. The summed E-state index contributed by atoms with van der Waals surface area (Å²) < 4.78 is 5.16. The molecule has 4 N–H and O–H groups in total. The van der Waals surface area contributed by atoms with Gasteiger partial charge in [-0.3, -0.25) is 14.9 Å². The molecule has 0 aliphatic rings. The highest BCUT2D eigenvalue weighted by Crippen LogP contribution is 2.27. The summed E-state index contributed by atoms with van der Waals surface area (Å²) >= 11 is 5.91. The molecule has 132 valence electrons. The van der Waals surface area contributed by atoms with Crippen LogP contribution in [0.3, 0.4) is 0 Å². The van der Waals surface area contributed by atoms with Crippen molar-refractivity contribution in [3.05, 3.63) is 23.2 Å². The van der Waals surface area contributed by atoms with E-state index in [0.717, 1.165) is 0 Å². The summed E-state index contributed by atoms with van der Waals surface area (Å²) in [7, 11) is 4.58. The van der Waals surface area contributed by atoms with Gasteiger partial charge in [-0.1, -0.05) is 11.6 Å². The molecule has 0 saturated carbocycles. The van der Waals surface area contributed by atoms with Gasteiger partial charge in [0, 0.05) is 12.1 Å². The smallest absolute Gasteiger partial charge is 0.321 e. The molecule has 8 nitrogen and oxygen atoms in total. The van der Waals surface area contributed by atoms with Crippen LogP contribution in [-0.4, -0.2) is 51.6 Å². The summed E-state index contributed by atoms with van der Waals surface area (Å²) in [4.78, 5) is 35.8. The maximum absolute atomic E-state index is 12.2. The van der Waals surface area contributed by atoms with E-state index < -0.39 is 18.0 Å². The van der Waals surface area contributed by atoms with Crippen LogP contribution in [0.4, 0.5) is 10.5 Å². The van der Waals surface area contributed by atoms with Crippen LogP contribution in [0.5, 0.6) is 5.75 Å². The number of rotatable bonds is 6. The molecule has 1 aromatic rings. The summed E-state index contributed by atoms with van der Waals surface area (Å²) in [6, 6.07) is 3.70. The lowest BCUT2D eigenvalue weighted by Crippen LogP contribution is -3.15. The van der Waals surface area contributed by atoms with Gasteiger partial charge in [0.1, 0.15) is 5.75 Å². The van der Waals surface area contributed by atoms with Crippen LogP contribution in [-0.2, 0) is 9.59 Å². The van der Waals surface area contributed by atoms with Gasteiger partial charge >= 0.3 is 6.03 Å². The number of quaternary nitrogens is 1. The first-order valence-corrected chi connectivity index (χ1v) is 7.64. The van der Waals surface area contributed by atoms with E-state index in [1.54, 1.807) is 32.2 Å². The number of methoxy groups -OCH3 is 1. The molecule has 0 fully saturated rings. The molecular formula is C15H22ClN4O4+. The Hall–Kier alpha value is -2.32. The Balaban J connectivity index is 2.65. The molecule has 2 atom stereocenters. The van der Waals surface area contributed by atoms with E-state index in [1.807, 2.05) is 0 Å². The molecule has 1 rings (SSSR count). The zero-order valence-electron chi connectivity index (χ0n) is 14.0. The number of amides is 4. The molecule has 0 heterocycles. The summed E-state index contributed by atoms with van der Waals surface area (Å²) in [5.74, 6) is -0.302. The quantitative estimate of drug-likeness (QED) is 0.559. The van der Waals surface area contributed by atoms with E-state index in [4.69, 9.17) is 16.3 Å². The molecule has 24 heavy (non-hydrogen) atoms. The number of halogens is 1. The third kappa shape index (κ3) is 5.71. The van der Waals surface area contributed by atoms with Crippen molar-refractivity contribution < 1.29 is 24.0 Å². The van der Waals surface area contributed by atoms with Crippen molar-refractivity contribution in [2.45, 2.75) is 13.0 Å². The van der Waals surface area contributed by atoms with Crippen LogP contribution in [0.25, 0.3) is 0 Å². The van der Waals surface area contributed by atoms with Gasteiger partial charge in [-0.2, -0.15) is 0 Å². The van der Waals surface area contributed by atoms with Crippen LogP contribution < -0.4 is 25.6 Å². The van der Waals surface area contributed by atoms with Crippen LogP contribution in [0.1, 0.15) is 6.92 Å². The normalized spacial score (nSPS) is 12.7. The number of urea groups is 1. The van der Waals surface area contributed by atoms with Gasteiger partial charge in [0.25, 0.3) is 11.8 Å². The van der Waals surface area contributed by atoms with Crippen molar-refractivity contribution >= 4 is 35.1 Å². The lowest BCUT2D eigenvalue weighted by Gasteiger charge is -2.20. The fourth-order valence-corrected chi connectivity index (χ4v) is 2.06. The number of carbonyl (C=O) groups excluding carboxylic acids is 3. The lowest BCUT2D eigenvalue weighted by molar-refractivity contribution is -0.885. The molecule has 9 heteroatoms. The number of carbonyl (C=O) groups is 3. The van der Waals surface area contributed by atoms with E-state index in [-0.39, 0.29) is 12.5 Å². The van der Waals surface area contributed by atoms with Crippen LogP contribution in [0.2, 0.25) is 5.02 Å². The van der Waals surface area contributed by atoms with Gasteiger partial charge < -0.3 is 20.3 Å². The first kappa shape index (κ1) is 19.7. The second kappa shape index (κ2) is 9.09. The van der Waals surface area contributed by atoms with E-state index in [1.165, 1.54) is 14.2 Å². The minimum absolute atomic E-state index is 0.0258. The maximum atomic E-state index is 12.2. The zero-order chi connectivity index (χ0) is 18.3.